The smallest absolute Gasteiger partial charge is 0.228 e. The first-order valence-corrected chi connectivity index (χ1v) is 8.96. The maximum Gasteiger partial charge on any atom is 0.228 e. The summed E-state index contributed by atoms with van der Waals surface area (Å²) >= 11 is 0. The van der Waals surface area contributed by atoms with Crippen LogP contribution in [-0.4, -0.2) is 15.7 Å². The monoisotopic (exact) mass is 341 g/mol. The minimum Gasteiger partial charge on any atom is -0.326 e. The molecule has 4 nitrogen and oxygen atoms in total. The molecule has 4 heteroatoms. The number of hydrogen-bond acceptors (Lipinski definition) is 2. The highest BCUT2D eigenvalue weighted by atomic mass is 16.1. The first-order valence-electron chi connectivity index (χ1n) is 8.96. The van der Waals surface area contributed by atoms with E-state index in [1.807, 2.05) is 43.8 Å². The molecule has 1 atom stereocenters. The standard InChI is InChI=1S/C21H31N3O/c1-14(13-21(4,5)6)17-10-8-9-11-19(17)22-20(25)12-18-15(2)23-24(7)16(18)3/h8-11,14H,12-13H2,1-7H3,(H,22,25). The van der Waals surface area contributed by atoms with Gasteiger partial charge in [0.2, 0.25) is 5.91 Å². The molecule has 0 fully saturated rings. The molecule has 0 aliphatic rings. The average Bonchev–Trinajstić information content (AvgIpc) is 2.72. The maximum absolute atomic E-state index is 12.6. The van der Waals surface area contributed by atoms with Crippen LogP contribution in [-0.2, 0) is 18.3 Å². The number of carbonyl (C=O) groups is 1. The summed E-state index contributed by atoms with van der Waals surface area (Å²) in [6.07, 6.45) is 1.42. The minimum atomic E-state index is 0.00890. The Morgan fingerprint density at radius 3 is 2.44 bits per heavy atom. The van der Waals surface area contributed by atoms with Crippen molar-refractivity contribution in [1.29, 1.82) is 0 Å². The zero-order chi connectivity index (χ0) is 18.8. The molecular formula is C21H31N3O. The van der Waals surface area contributed by atoms with Crippen LogP contribution in [0.2, 0.25) is 0 Å². The molecule has 1 aromatic heterocycles. The Balaban J connectivity index is 2.16. The lowest BCUT2D eigenvalue weighted by Gasteiger charge is -2.25. The van der Waals surface area contributed by atoms with Crippen molar-refractivity contribution in [3.05, 3.63) is 46.8 Å². The van der Waals surface area contributed by atoms with Crippen molar-refractivity contribution < 1.29 is 4.79 Å². The molecule has 1 unspecified atom stereocenters. The second-order valence-corrected chi connectivity index (χ2v) is 8.25. The van der Waals surface area contributed by atoms with Gasteiger partial charge < -0.3 is 5.32 Å². The first-order chi connectivity index (χ1) is 11.6. The molecule has 1 N–H and O–H groups in total. The van der Waals surface area contributed by atoms with Crippen LogP contribution in [0.4, 0.5) is 5.69 Å². The number of aromatic nitrogens is 2. The van der Waals surface area contributed by atoms with Crippen LogP contribution in [0.15, 0.2) is 24.3 Å². The third-order valence-corrected chi connectivity index (χ3v) is 4.68. The summed E-state index contributed by atoms with van der Waals surface area (Å²) in [7, 11) is 1.91. The number of carbonyl (C=O) groups excluding carboxylic acids is 1. The van der Waals surface area contributed by atoms with Gasteiger partial charge >= 0.3 is 0 Å². The largest absolute Gasteiger partial charge is 0.326 e. The van der Waals surface area contributed by atoms with E-state index in [0.717, 1.165) is 29.1 Å². The lowest BCUT2D eigenvalue weighted by Crippen LogP contribution is -2.18. The molecule has 1 aromatic carbocycles. The molecule has 0 aliphatic carbocycles. The number of nitrogens with one attached hydrogen (secondary N) is 1. The SMILES string of the molecule is Cc1nn(C)c(C)c1CC(=O)Nc1ccccc1C(C)CC(C)(C)C. The van der Waals surface area contributed by atoms with Gasteiger partial charge in [-0.25, -0.2) is 0 Å². The van der Waals surface area contributed by atoms with Crippen molar-refractivity contribution >= 4 is 11.6 Å². The van der Waals surface area contributed by atoms with Crippen molar-refractivity contribution in [3.63, 3.8) is 0 Å². The molecule has 2 aromatic rings. The fourth-order valence-corrected chi connectivity index (χ4v) is 3.50. The van der Waals surface area contributed by atoms with Crippen molar-refractivity contribution in [1.82, 2.24) is 9.78 Å². The molecule has 136 valence electrons. The van der Waals surface area contributed by atoms with Crippen LogP contribution in [0.3, 0.4) is 0 Å². The van der Waals surface area contributed by atoms with Gasteiger partial charge in [-0.3, -0.25) is 9.48 Å². The topological polar surface area (TPSA) is 46.9 Å². The van der Waals surface area contributed by atoms with Gasteiger partial charge in [0.05, 0.1) is 12.1 Å². The van der Waals surface area contributed by atoms with Gasteiger partial charge in [-0.2, -0.15) is 5.10 Å². The predicted molar refractivity (Wildman–Crippen MR) is 104 cm³/mol. The van der Waals surface area contributed by atoms with Crippen LogP contribution in [0, 0.1) is 19.3 Å². The molecular weight excluding hydrogens is 310 g/mol. The first kappa shape index (κ1) is 19.2. The van der Waals surface area contributed by atoms with Gasteiger partial charge in [0.25, 0.3) is 0 Å². The molecule has 0 spiro atoms. The van der Waals surface area contributed by atoms with E-state index in [9.17, 15) is 4.79 Å². The van der Waals surface area contributed by atoms with E-state index in [4.69, 9.17) is 0 Å². The molecule has 1 heterocycles. The molecule has 0 aliphatic heterocycles. The number of nitrogens with zero attached hydrogens (tertiary/aromatic N) is 2. The van der Waals surface area contributed by atoms with Crippen LogP contribution in [0.25, 0.3) is 0 Å². The molecule has 2 rings (SSSR count). The third kappa shape index (κ3) is 4.94. The highest BCUT2D eigenvalue weighted by molar-refractivity contribution is 5.93. The highest BCUT2D eigenvalue weighted by Crippen LogP contribution is 2.34. The van der Waals surface area contributed by atoms with E-state index >= 15 is 0 Å². The molecule has 0 saturated carbocycles. The van der Waals surface area contributed by atoms with Crippen LogP contribution < -0.4 is 5.32 Å². The molecule has 0 saturated heterocycles. The average molecular weight is 341 g/mol. The zero-order valence-corrected chi connectivity index (χ0v) is 16.6. The number of amides is 1. The fraction of sp³-hybridized carbons (Fsp3) is 0.524. The number of para-hydroxylation sites is 1. The van der Waals surface area contributed by atoms with Crippen molar-refractivity contribution in [2.75, 3.05) is 5.32 Å². The summed E-state index contributed by atoms with van der Waals surface area (Å²) in [6, 6.07) is 8.13. The molecule has 0 bridgehead atoms. The Morgan fingerprint density at radius 2 is 1.88 bits per heavy atom. The van der Waals surface area contributed by atoms with Gasteiger partial charge in [-0.05, 0) is 43.2 Å². The molecule has 1 amide bonds. The molecule has 25 heavy (non-hydrogen) atoms. The van der Waals surface area contributed by atoms with E-state index in [2.05, 4.69) is 44.2 Å². The number of benzene rings is 1. The Kier molecular flexibility index (Phi) is 5.71. The summed E-state index contributed by atoms with van der Waals surface area (Å²) < 4.78 is 1.83. The number of anilines is 1. The van der Waals surface area contributed by atoms with Crippen LogP contribution in [0.1, 0.15) is 62.5 Å². The number of hydrogen-bond donors (Lipinski definition) is 1. The number of rotatable bonds is 5. The van der Waals surface area contributed by atoms with Crippen LogP contribution >= 0.6 is 0 Å². The van der Waals surface area contributed by atoms with Gasteiger partial charge in [0.15, 0.2) is 0 Å². The fourth-order valence-electron chi connectivity index (χ4n) is 3.50. The van der Waals surface area contributed by atoms with E-state index in [1.54, 1.807) is 0 Å². The van der Waals surface area contributed by atoms with Crippen molar-refractivity contribution in [2.24, 2.45) is 12.5 Å². The second kappa shape index (κ2) is 7.42. The van der Waals surface area contributed by atoms with Gasteiger partial charge in [-0.1, -0.05) is 45.9 Å². The van der Waals surface area contributed by atoms with E-state index in [1.165, 1.54) is 5.56 Å². The van der Waals surface area contributed by atoms with Gasteiger partial charge in [-0.15, -0.1) is 0 Å². The summed E-state index contributed by atoms with van der Waals surface area (Å²) in [5.41, 5.74) is 5.35. The maximum atomic E-state index is 12.6. The predicted octanol–water partition coefficient (Wildman–Crippen LogP) is 4.76. The highest BCUT2D eigenvalue weighted by Gasteiger charge is 2.20. The second-order valence-electron chi connectivity index (χ2n) is 8.25. The normalized spacial score (nSPS) is 12.9. The van der Waals surface area contributed by atoms with Gasteiger partial charge in [0, 0.05) is 24.0 Å². The summed E-state index contributed by atoms with van der Waals surface area (Å²) in [5.74, 6) is 0.396. The third-order valence-electron chi connectivity index (χ3n) is 4.68. The number of aryl methyl sites for hydroxylation is 2. The Labute approximate surface area is 151 Å². The van der Waals surface area contributed by atoms with E-state index in [0.29, 0.717) is 12.3 Å². The van der Waals surface area contributed by atoms with Crippen molar-refractivity contribution in [2.45, 2.75) is 60.3 Å². The quantitative estimate of drug-likeness (QED) is 0.852. The van der Waals surface area contributed by atoms with E-state index in [-0.39, 0.29) is 11.3 Å². The zero-order valence-electron chi connectivity index (χ0n) is 16.6. The molecule has 0 radical (unpaired) electrons. The summed E-state index contributed by atoms with van der Waals surface area (Å²) in [5, 5.41) is 7.51. The van der Waals surface area contributed by atoms with Crippen LogP contribution in [0.5, 0.6) is 0 Å². The summed E-state index contributed by atoms with van der Waals surface area (Å²) in [6.45, 7) is 12.9. The van der Waals surface area contributed by atoms with Crippen molar-refractivity contribution in [3.8, 4) is 0 Å². The lowest BCUT2D eigenvalue weighted by molar-refractivity contribution is -0.115. The summed E-state index contributed by atoms with van der Waals surface area (Å²) in [4.78, 5) is 12.6. The van der Waals surface area contributed by atoms with Gasteiger partial charge in [0.1, 0.15) is 0 Å². The minimum absolute atomic E-state index is 0.00890. The Morgan fingerprint density at radius 1 is 1.24 bits per heavy atom. The Bertz CT molecular complexity index is 753. The van der Waals surface area contributed by atoms with E-state index < -0.39 is 0 Å². The Hall–Kier alpha value is -2.10. The lowest BCUT2D eigenvalue weighted by atomic mass is 9.82.